The fourth-order valence-electron chi connectivity index (χ4n) is 1.89. The predicted octanol–water partition coefficient (Wildman–Crippen LogP) is -0.613. The van der Waals surface area contributed by atoms with Gasteiger partial charge in [0.2, 0.25) is 5.91 Å². The molecule has 0 radical (unpaired) electrons. The van der Waals surface area contributed by atoms with Crippen LogP contribution < -0.4 is 22.0 Å². The number of fused-ring (bicyclic) bond motifs is 1. The molecule has 1 heterocycles. The van der Waals surface area contributed by atoms with Gasteiger partial charge < -0.3 is 9.97 Å². The van der Waals surface area contributed by atoms with E-state index in [2.05, 4.69) is 20.8 Å². The van der Waals surface area contributed by atoms with Gasteiger partial charge in [-0.25, -0.2) is 0 Å². The molecule has 2 amide bonds. The monoisotopic (exact) mass is 288 g/mol. The number of amides is 2. The smallest absolute Gasteiger partial charge is 0.314 e. The van der Waals surface area contributed by atoms with Crippen molar-refractivity contribution in [2.45, 2.75) is 12.8 Å². The van der Waals surface area contributed by atoms with E-state index in [-0.39, 0.29) is 17.4 Å². The quantitative estimate of drug-likeness (QED) is 0.434. The van der Waals surface area contributed by atoms with Crippen LogP contribution in [0.3, 0.4) is 0 Å². The number of hydrogen-bond acceptors (Lipinski definition) is 4. The van der Waals surface area contributed by atoms with Crippen LogP contribution >= 0.6 is 0 Å². The number of H-pyrrole nitrogens is 2. The van der Waals surface area contributed by atoms with E-state index in [1.54, 1.807) is 0 Å². The highest BCUT2D eigenvalue weighted by molar-refractivity contribution is 5.98. The van der Waals surface area contributed by atoms with Crippen LogP contribution in [0.2, 0.25) is 0 Å². The van der Waals surface area contributed by atoms with Gasteiger partial charge in [-0.05, 0) is 31.0 Å². The number of benzene rings is 1. The Morgan fingerprint density at radius 3 is 2.33 bits per heavy atom. The molecule has 0 aliphatic heterocycles. The number of hydrogen-bond donors (Lipinski definition) is 4. The molecule has 0 saturated heterocycles. The molecule has 1 aromatic carbocycles. The fraction of sp³-hybridized carbons (Fsp3) is 0.231. The van der Waals surface area contributed by atoms with Crippen molar-refractivity contribution in [3.05, 3.63) is 44.5 Å². The molecule has 0 atom stereocenters. The minimum atomic E-state index is -0.790. The molecule has 1 aliphatic rings. The first-order valence-corrected chi connectivity index (χ1v) is 6.41. The van der Waals surface area contributed by atoms with E-state index in [9.17, 15) is 19.2 Å². The summed E-state index contributed by atoms with van der Waals surface area (Å²) in [6.07, 6.45) is 1.68. The van der Waals surface area contributed by atoms with Gasteiger partial charge in [0, 0.05) is 11.5 Å². The minimum Gasteiger partial charge on any atom is -0.316 e. The normalized spacial score (nSPS) is 13.9. The van der Waals surface area contributed by atoms with Crippen LogP contribution in [0.5, 0.6) is 0 Å². The van der Waals surface area contributed by atoms with Crippen molar-refractivity contribution in [2.24, 2.45) is 5.92 Å². The average molecular weight is 288 g/mol. The topological polar surface area (TPSA) is 124 Å². The standard InChI is InChI=1S/C13H12N4O4/c18-10(6-1-2-6)16-17-11(19)7-3-4-8-9(5-7)15-13(21)12(20)14-8/h3-6H,1-2H2,(H,14,20)(H,15,21)(H,16,18)(H,17,19). The minimum absolute atomic E-state index is 0.0108. The van der Waals surface area contributed by atoms with Crippen LogP contribution in [0.1, 0.15) is 23.2 Å². The maximum absolute atomic E-state index is 11.9. The lowest BCUT2D eigenvalue weighted by atomic mass is 10.2. The Kier molecular flexibility index (Phi) is 3.05. The third-order valence-corrected chi connectivity index (χ3v) is 3.23. The summed E-state index contributed by atoms with van der Waals surface area (Å²) in [7, 11) is 0. The van der Waals surface area contributed by atoms with E-state index < -0.39 is 17.0 Å². The van der Waals surface area contributed by atoms with Crippen molar-refractivity contribution in [3.8, 4) is 0 Å². The van der Waals surface area contributed by atoms with E-state index in [0.29, 0.717) is 11.0 Å². The Morgan fingerprint density at radius 1 is 1.00 bits per heavy atom. The summed E-state index contributed by atoms with van der Waals surface area (Å²) in [5.74, 6) is -0.719. The van der Waals surface area contributed by atoms with Gasteiger partial charge in [0.25, 0.3) is 5.91 Å². The van der Waals surface area contributed by atoms with Crippen LogP contribution in [0.15, 0.2) is 27.8 Å². The van der Waals surface area contributed by atoms with Crippen molar-refractivity contribution >= 4 is 22.8 Å². The van der Waals surface area contributed by atoms with E-state index >= 15 is 0 Å². The Hall–Kier alpha value is -2.90. The zero-order chi connectivity index (χ0) is 15.0. The van der Waals surface area contributed by atoms with Gasteiger partial charge in [0.05, 0.1) is 11.0 Å². The first-order chi connectivity index (χ1) is 10.0. The van der Waals surface area contributed by atoms with Gasteiger partial charge in [-0.3, -0.25) is 30.0 Å². The highest BCUT2D eigenvalue weighted by Crippen LogP contribution is 2.28. The molecule has 8 heteroatoms. The summed E-state index contributed by atoms with van der Waals surface area (Å²) >= 11 is 0. The largest absolute Gasteiger partial charge is 0.316 e. The molecule has 0 unspecified atom stereocenters. The highest BCUT2D eigenvalue weighted by atomic mass is 16.2. The predicted molar refractivity (Wildman–Crippen MR) is 73.5 cm³/mol. The summed E-state index contributed by atoms with van der Waals surface area (Å²) in [6, 6.07) is 4.41. The molecule has 3 rings (SSSR count). The van der Waals surface area contributed by atoms with Crippen LogP contribution in [0, 0.1) is 5.92 Å². The first-order valence-electron chi connectivity index (χ1n) is 6.41. The molecule has 2 aromatic rings. The SMILES string of the molecule is O=C(NNC(=O)C1CC1)c1ccc2[nH]c(=O)c(=O)[nH]c2c1. The van der Waals surface area contributed by atoms with Crippen LogP contribution in [0.4, 0.5) is 0 Å². The molecule has 21 heavy (non-hydrogen) atoms. The number of carbonyl (C=O) groups excluding carboxylic acids is 2. The summed E-state index contributed by atoms with van der Waals surface area (Å²) in [6.45, 7) is 0. The highest BCUT2D eigenvalue weighted by Gasteiger charge is 2.29. The van der Waals surface area contributed by atoms with Gasteiger partial charge in [-0.2, -0.15) is 0 Å². The van der Waals surface area contributed by atoms with Gasteiger partial charge in [0.15, 0.2) is 0 Å². The van der Waals surface area contributed by atoms with Gasteiger partial charge in [0.1, 0.15) is 0 Å². The number of aromatic amines is 2. The van der Waals surface area contributed by atoms with Crippen LogP contribution in [-0.4, -0.2) is 21.8 Å². The number of aromatic nitrogens is 2. The summed E-state index contributed by atoms with van der Waals surface area (Å²) < 4.78 is 0. The number of nitrogens with one attached hydrogen (secondary N) is 4. The van der Waals surface area contributed by atoms with Crippen molar-refractivity contribution in [1.82, 2.24) is 20.8 Å². The molecule has 1 aliphatic carbocycles. The fourth-order valence-corrected chi connectivity index (χ4v) is 1.89. The molecule has 1 fully saturated rings. The molecule has 1 saturated carbocycles. The molecular weight excluding hydrogens is 276 g/mol. The molecule has 0 bridgehead atoms. The lowest BCUT2D eigenvalue weighted by Gasteiger charge is -2.07. The maximum atomic E-state index is 11.9. The Bertz CT molecular complexity index is 847. The zero-order valence-electron chi connectivity index (χ0n) is 10.9. The first kappa shape index (κ1) is 13.1. The van der Waals surface area contributed by atoms with Crippen LogP contribution in [0.25, 0.3) is 11.0 Å². The molecule has 108 valence electrons. The molecule has 8 nitrogen and oxygen atoms in total. The number of rotatable bonds is 2. The second-order valence-electron chi connectivity index (χ2n) is 4.89. The lowest BCUT2D eigenvalue weighted by molar-refractivity contribution is -0.123. The molecular formula is C13H12N4O4. The molecule has 1 aromatic heterocycles. The van der Waals surface area contributed by atoms with Crippen molar-refractivity contribution in [2.75, 3.05) is 0 Å². The summed E-state index contributed by atoms with van der Waals surface area (Å²) in [5, 5.41) is 0. The average Bonchev–Trinajstić information content (AvgIpc) is 3.30. The summed E-state index contributed by atoms with van der Waals surface area (Å²) in [4.78, 5) is 50.5. The zero-order valence-corrected chi connectivity index (χ0v) is 10.9. The van der Waals surface area contributed by atoms with E-state index in [1.807, 2.05) is 0 Å². The molecule has 0 spiro atoms. The van der Waals surface area contributed by atoms with Gasteiger partial charge in [-0.15, -0.1) is 0 Å². The lowest BCUT2D eigenvalue weighted by Crippen LogP contribution is -2.42. The summed E-state index contributed by atoms with van der Waals surface area (Å²) in [5.41, 5.74) is 4.11. The van der Waals surface area contributed by atoms with E-state index in [0.717, 1.165) is 12.8 Å². The van der Waals surface area contributed by atoms with Crippen LogP contribution in [-0.2, 0) is 4.79 Å². The Labute approximate surface area is 117 Å². The second kappa shape index (κ2) is 4.89. The van der Waals surface area contributed by atoms with E-state index in [1.165, 1.54) is 18.2 Å². The Morgan fingerprint density at radius 2 is 1.67 bits per heavy atom. The number of hydrazine groups is 1. The van der Waals surface area contributed by atoms with Gasteiger partial charge in [-0.1, -0.05) is 0 Å². The van der Waals surface area contributed by atoms with Crippen molar-refractivity contribution in [1.29, 1.82) is 0 Å². The van der Waals surface area contributed by atoms with E-state index in [4.69, 9.17) is 0 Å². The molecule has 4 N–H and O–H groups in total. The third-order valence-electron chi connectivity index (χ3n) is 3.23. The number of carbonyl (C=O) groups is 2. The maximum Gasteiger partial charge on any atom is 0.314 e. The second-order valence-corrected chi connectivity index (χ2v) is 4.89. The Balaban J connectivity index is 1.81. The van der Waals surface area contributed by atoms with Crippen molar-refractivity contribution < 1.29 is 9.59 Å². The third kappa shape index (κ3) is 2.69. The van der Waals surface area contributed by atoms with Crippen molar-refractivity contribution in [3.63, 3.8) is 0 Å². The van der Waals surface area contributed by atoms with Gasteiger partial charge >= 0.3 is 11.1 Å².